The second-order valence-electron chi connectivity index (χ2n) is 11.4. The molecule has 0 radical (unpaired) electrons. The summed E-state index contributed by atoms with van der Waals surface area (Å²) >= 11 is 0. The molecule has 2 N–H and O–H groups in total. The van der Waals surface area contributed by atoms with E-state index in [0.717, 1.165) is 25.6 Å². The van der Waals surface area contributed by atoms with E-state index in [0.29, 0.717) is 23.7 Å². The normalized spacial score (nSPS) is 28.1. The highest BCUT2D eigenvalue weighted by molar-refractivity contribution is 6.04. The Morgan fingerprint density at radius 1 is 1.00 bits per heavy atom. The lowest BCUT2D eigenvalue weighted by molar-refractivity contribution is 0.0255. The van der Waals surface area contributed by atoms with Crippen LogP contribution >= 0.6 is 0 Å². The van der Waals surface area contributed by atoms with Crippen LogP contribution in [0.1, 0.15) is 76.8 Å². The Bertz CT molecular complexity index is 696. The third-order valence-electron chi connectivity index (χ3n) is 8.94. The fraction of sp³-hybridized carbons (Fsp3) is 0.786. The summed E-state index contributed by atoms with van der Waals surface area (Å²) in [6.07, 6.45) is 10.7. The van der Waals surface area contributed by atoms with Crippen LogP contribution in [0.5, 0.6) is 0 Å². The predicted octanol–water partition coefficient (Wildman–Crippen LogP) is 3.37. The van der Waals surface area contributed by atoms with Gasteiger partial charge in [-0.05, 0) is 96.3 Å². The maximum absolute atomic E-state index is 5.84. The van der Waals surface area contributed by atoms with E-state index >= 15 is 0 Å². The molecule has 3 aliphatic rings. The second-order valence-corrected chi connectivity index (χ2v) is 11.4. The Labute approximate surface area is 209 Å². The first-order chi connectivity index (χ1) is 16.6. The van der Waals surface area contributed by atoms with Crippen LogP contribution in [0.3, 0.4) is 0 Å². The largest absolute Gasteiger partial charge is 0.379 e. The fourth-order valence-electron chi connectivity index (χ4n) is 6.42. The van der Waals surface area contributed by atoms with Crippen LogP contribution in [0, 0.1) is 5.92 Å². The minimum absolute atomic E-state index is 0.386. The average molecular weight is 469 g/mol. The summed E-state index contributed by atoms with van der Waals surface area (Å²) in [6.45, 7) is 12.6. The molecular weight excluding hydrogens is 419 g/mol. The van der Waals surface area contributed by atoms with Gasteiger partial charge in [-0.2, -0.15) is 0 Å². The lowest BCUT2D eigenvalue weighted by atomic mass is 9.84. The van der Waals surface area contributed by atoms with Crippen LogP contribution in [-0.4, -0.2) is 81.3 Å². The first-order valence-electron chi connectivity index (χ1n) is 14.1. The molecule has 5 nitrogen and oxygen atoms in total. The number of benzene rings is 1. The Balaban J connectivity index is 1.24. The molecule has 0 unspecified atom stereocenters. The van der Waals surface area contributed by atoms with Gasteiger partial charge in [0.05, 0.1) is 6.10 Å². The molecule has 1 aromatic rings. The van der Waals surface area contributed by atoms with Crippen molar-refractivity contribution in [2.75, 3.05) is 45.9 Å². The maximum atomic E-state index is 5.84. The fourth-order valence-corrected chi connectivity index (χ4v) is 6.42. The number of nitrogens with zero attached hydrogens (tertiary/aromatic N) is 2. The van der Waals surface area contributed by atoms with E-state index in [9.17, 15) is 0 Å². The van der Waals surface area contributed by atoms with E-state index in [4.69, 9.17) is 4.74 Å². The molecule has 2 aliphatic heterocycles. The summed E-state index contributed by atoms with van der Waals surface area (Å²) in [5.74, 6) is 0.798. The Hall–Kier alpha value is -0.915. The zero-order chi connectivity index (χ0) is 23.8. The van der Waals surface area contributed by atoms with Gasteiger partial charge in [0.1, 0.15) is 0 Å². The first kappa shape index (κ1) is 26.2. The summed E-state index contributed by atoms with van der Waals surface area (Å²) in [5.41, 5.74) is 1.82. The molecule has 190 valence electrons. The summed E-state index contributed by atoms with van der Waals surface area (Å²) in [5, 5.41) is 7.90. The number of hydrogen-bond acceptors (Lipinski definition) is 5. The molecule has 6 heteroatoms. The van der Waals surface area contributed by atoms with Crippen LogP contribution in [0.2, 0.25) is 0 Å². The number of nitrogens with one attached hydrogen (secondary N) is 2. The van der Waals surface area contributed by atoms with Crippen molar-refractivity contribution in [3.8, 4) is 0 Å². The molecule has 4 rings (SSSR count). The van der Waals surface area contributed by atoms with Crippen molar-refractivity contribution in [3.63, 3.8) is 0 Å². The SMILES string of the molecule is BN1CCC(C)(N2CCC(N[C@@H](CNC[C@H]3CC[C@H](OCC)CC3)c3ccccc3)CC2)CC1. The lowest BCUT2D eigenvalue weighted by Gasteiger charge is -2.49. The van der Waals surface area contributed by atoms with Gasteiger partial charge in [0.25, 0.3) is 0 Å². The predicted molar refractivity (Wildman–Crippen MR) is 145 cm³/mol. The smallest absolute Gasteiger partial charge is 0.185 e. The number of likely N-dealkylation sites (tertiary alicyclic amines) is 1. The van der Waals surface area contributed by atoms with E-state index in [-0.39, 0.29) is 0 Å². The molecule has 0 spiro atoms. The highest BCUT2D eigenvalue weighted by Crippen LogP contribution is 2.31. The van der Waals surface area contributed by atoms with Gasteiger partial charge in [-0.1, -0.05) is 30.3 Å². The van der Waals surface area contributed by atoms with Gasteiger partial charge >= 0.3 is 0 Å². The van der Waals surface area contributed by atoms with E-state index < -0.39 is 0 Å². The van der Waals surface area contributed by atoms with Crippen molar-refractivity contribution < 1.29 is 4.74 Å². The molecule has 34 heavy (non-hydrogen) atoms. The number of hydrogen-bond donors (Lipinski definition) is 2. The van der Waals surface area contributed by atoms with Gasteiger partial charge in [0, 0.05) is 43.9 Å². The van der Waals surface area contributed by atoms with E-state index in [1.54, 1.807) is 0 Å². The number of piperidine rings is 2. The van der Waals surface area contributed by atoms with E-state index in [1.165, 1.54) is 83.1 Å². The zero-order valence-electron chi connectivity index (χ0n) is 22.1. The van der Waals surface area contributed by atoms with Gasteiger partial charge in [0.2, 0.25) is 0 Å². The highest BCUT2D eigenvalue weighted by atomic mass is 16.5. The van der Waals surface area contributed by atoms with Crippen LogP contribution in [-0.2, 0) is 4.74 Å². The molecule has 1 atom stereocenters. The summed E-state index contributed by atoms with van der Waals surface area (Å²) in [7, 11) is 2.26. The Kier molecular flexibility index (Phi) is 9.90. The van der Waals surface area contributed by atoms with Crippen molar-refractivity contribution in [2.24, 2.45) is 5.92 Å². The Morgan fingerprint density at radius 2 is 1.68 bits per heavy atom. The standard InChI is InChI=1S/C28H49BN4O/c1-3-34-26-11-9-23(10-12-26)21-30-22-27(24-7-5-4-6-8-24)31-25-13-17-32(18-14-25)28(2)15-19-33(29)20-16-28/h4-8,23,25-27,30-31H,3,9-22,29H2,1-2H3/t23-,26-,27-/m0/s1. The first-order valence-corrected chi connectivity index (χ1v) is 14.1. The van der Waals surface area contributed by atoms with E-state index in [1.807, 2.05) is 0 Å². The second kappa shape index (κ2) is 12.9. The Morgan fingerprint density at radius 3 is 2.32 bits per heavy atom. The van der Waals surface area contributed by atoms with Gasteiger partial charge in [-0.3, -0.25) is 4.90 Å². The maximum Gasteiger partial charge on any atom is 0.185 e. The average Bonchev–Trinajstić information content (AvgIpc) is 2.87. The molecule has 2 heterocycles. The molecule has 2 saturated heterocycles. The molecule has 1 aliphatic carbocycles. The number of rotatable bonds is 10. The zero-order valence-corrected chi connectivity index (χ0v) is 22.1. The van der Waals surface area contributed by atoms with Gasteiger partial charge in [-0.15, -0.1) is 0 Å². The van der Waals surface area contributed by atoms with Crippen molar-refractivity contribution in [3.05, 3.63) is 35.9 Å². The van der Waals surface area contributed by atoms with Crippen LogP contribution < -0.4 is 10.6 Å². The van der Waals surface area contributed by atoms with Gasteiger partial charge in [0.15, 0.2) is 7.98 Å². The van der Waals surface area contributed by atoms with Crippen LogP contribution in [0.25, 0.3) is 0 Å². The molecule has 0 bridgehead atoms. The van der Waals surface area contributed by atoms with Crippen molar-refractivity contribution in [2.45, 2.75) is 88.9 Å². The minimum atomic E-state index is 0.386. The molecular formula is C28H49BN4O. The molecule has 1 saturated carbocycles. The van der Waals surface area contributed by atoms with Crippen LogP contribution in [0.4, 0.5) is 0 Å². The number of ether oxygens (including phenoxy) is 1. The van der Waals surface area contributed by atoms with Crippen LogP contribution in [0.15, 0.2) is 30.3 Å². The molecule has 0 amide bonds. The lowest BCUT2D eigenvalue weighted by Crippen LogP contribution is -2.57. The summed E-state index contributed by atoms with van der Waals surface area (Å²) in [6, 6.07) is 12.1. The van der Waals surface area contributed by atoms with Crippen molar-refractivity contribution in [1.82, 2.24) is 20.3 Å². The summed E-state index contributed by atoms with van der Waals surface area (Å²) in [4.78, 5) is 5.28. The third kappa shape index (κ3) is 7.30. The topological polar surface area (TPSA) is 39.8 Å². The van der Waals surface area contributed by atoms with Crippen molar-refractivity contribution in [1.29, 1.82) is 0 Å². The van der Waals surface area contributed by atoms with Gasteiger partial charge in [-0.25, -0.2) is 0 Å². The minimum Gasteiger partial charge on any atom is -0.379 e. The van der Waals surface area contributed by atoms with E-state index in [2.05, 4.69) is 72.5 Å². The third-order valence-corrected chi connectivity index (χ3v) is 8.94. The van der Waals surface area contributed by atoms with Gasteiger partial charge < -0.3 is 20.2 Å². The molecule has 0 aromatic heterocycles. The molecule has 3 fully saturated rings. The molecule has 1 aromatic carbocycles. The monoisotopic (exact) mass is 468 g/mol. The highest BCUT2D eigenvalue weighted by Gasteiger charge is 2.36. The quantitative estimate of drug-likeness (QED) is 0.516. The summed E-state index contributed by atoms with van der Waals surface area (Å²) < 4.78 is 5.84. The van der Waals surface area contributed by atoms with Crippen molar-refractivity contribution >= 4 is 7.98 Å².